The summed E-state index contributed by atoms with van der Waals surface area (Å²) in [6.07, 6.45) is 4.66. The number of nitrogens with zero attached hydrogens (tertiary/aromatic N) is 1. The van der Waals surface area contributed by atoms with Gasteiger partial charge in [0, 0.05) is 12.7 Å². The smallest absolute Gasteiger partial charge is 0.256 e. The summed E-state index contributed by atoms with van der Waals surface area (Å²) in [6.45, 7) is 6.73. The highest BCUT2D eigenvalue weighted by Gasteiger charge is 2.42. The van der Waals surface area contributed by atoms with Gasteiger partial charge in [-0.15, -0.1) is 0 Å². The monoisotopic (exact) mass is 320 g/mol. The summed E-state index contributed by atoms with van der Waals surface area (Å²) >= 11 is 0. The number of carbonyl (C=O) groups excluding carboxylic acids is 1. The van der Waals surface area contributed by atoms with Crippen molar-refractivity contribution in [2.24, 2.45) is 5.92 Å². The van der Waals surface area contributed by atoms with Crippen molar-refractivity contribution in [3.8, 4) is 5.88 Å². The zero-order chi connectivity index (χ0) is 16.9. The van der Waals surface area contributed by atoms with Crippen molar-refractivity contribution in [3.05, 3.63) is 17.8 Å². The van der Waals surface area contributed by atoms with Crippen molar-refractivity contribution in [1.82, 2.24) is 4.98 Å². The molecule has 2 atom stereocenters. The molecule has 1 fully saturated rings. The molecule has 23 heavy (non-hydrogen) atoms. The minimum Gasteiger partial charge on any atom is -0.481 e. The van der Waals surface area contributed by atoms with Gasteiger partial charge in [0.2, 0.25) is 5.88 Å². The van der Waals surface area contributed by atoms with Crippen molar-refractivity contribution >= 4 is 11.6 Å². The van der Waals surface area contributed by atoms with Gasteiger partial charge >= 0.3 is 0 Å². The van der Waals surface area contributed by atoms with Crippen molar-refractivity contribution < 1.29 is 14.3 Å². The van der Waals surface area contributed by atoms with Crippen LogP contribution in [-0.2, 0) is 9.53 Å². The highest BCUT2D eigenvalue weighted by Crippen LogP contribution is 2.36. The highest BCUT2D eigenvalue weighted by molar-refractivity contribution is 5.97. The van der Waals surface area contributed by atoms with Gasteiger partial charge < -0.3 is 14.8 Å². The van der Waals surface area contributed by atoms with Crippen LogP contribution in [0.3, 0.4) is 0 Å². The second kappa shape index (κ2) is 7.77. The predicted octanol–water partition coefficient (Wildman–Crippen LogP) is 3.71. The first-order chi connectivity index (χ1) is 11.0. The maximum absolute atomic E-state index is 13.0. The first kappa shape index (κ1) is 17.7. The lowest BCUT2D eigenvalue weighted by molar-refractivity contribution is -0.148. The fraction of sp³-hybridized carbons (Fsp3) is 0.667. The topological polar surface area (TPSA) is 60.5 Å². The minimum atomic E-state index is -0.708. The Kier molecular flexibility index (Phi) is 5.99. The zero-order valence-electron chi connectivity index (χ0n) is 14.6. The second-order valence-electron chi connectivity index (χ2n) is 6.48. The molecule has 5 heteroatoms. The number of carbonyl (C=O) groups is 1. The number of aromatic nitrogens is 1. The van der Waals surface area contributed by atoms with Crippen LogP contribution in [0.4, 0.5) is 5.69 Å². The Morgan fingerprint density at radius 1 is 1.48 bits per heavy atom. The summed E-state index contributed by atoms with van der Waals surface area (Å²) < 4.78 is 11.2. The number of aryl methyl sites for hydroxylation is 1. The maximum Gasteiger partial charge on any atom is 0.256 e. The summed E-state index contributed by atoms with van der Waals surface area (Å²) in [7, 11) is 1.58. The minimum absolute atomic E-state index is 0.0485. The number of pyridine rings is 1. The molecule has 1 aromatic rings. The Bertz CT molecular complexity index is 547. The molecule has 0 spiro atoms. The Labute approximate surface area is 138 Å². The normalized spacial score (nSPS) is 24.3. The molecule has 1 amide bonds. The summed E-state index contributed by atoms with van der Waals surface area (Å²) in [4.78, 5) is 17.3. The highest BCUT2D eigenvalue weighted by atomic mass is 16.5. The average molecular weight is 320 g/mol. The van der Waals surface area contributed by atoms with Gasteiger partial charge in [0.15, 0.2) is 0 Å². The first-order valence-corrected chi connectivity index (χ1v) is 8.48. The molecule has 1 saturated carbocycles. The lowest BCUT2D eigenvalue weighted by Gasteiger charge is -2.38. The van der Waals surface area contributed by atoms with Crippen LogP contribution in [0.5, 0.6) is 5.88 Å². The van der Waals surface area contributed by atoms with E-state index in [4.69, 9.17) is 9.47 Å². The summed E-state index contributed by atoms with van der Waals surface area (Å²) in [6, 6.07) is 3.59. The van der Waals surface area contributed by atoms with E-state index in [-0.39, 0.29) is 5.91 Å². The Morgan fingerprint density at radius 2 is 2.26 bits per heavy atom. The number of amides is 1. The molecular weight excluding hydrogens is 292 g/mol. The zero-order valence-corrected chi connectivity index (χ0v) is 14.6. The summed E-state index contributed by atoms with van der Waals surface area (Å²) in [5, 5.41) is 3.02. The lowest BCUT2D eigenvalue weighted by Crippen LogP contribution is -2.49. The van der Waals surface area contributed by atoms with Gasteiger partial charge in [0.25, 0.3) is 5.91 Å². The molecule has 128 valence electrons. The van der Waals surface area contributed by atoms with Crippen LogP contribution in [0.1, 0.15) is 51.6 Å². The molecule has 0 saturated heterocycles. The average Bonchev–Trinajstić information content (AvgIpc) is 2.54. The van der Waals surface area contributed by atoms with Crippen LogP contribution in [-0.4, -0.2) is 30.2 Å². The molecule has 1 aliphatic carbocycles. The second-order valence-corrected chi connectivity index (χ2v) is 6.48. The third kappa shape index (κ3) is 4.22. The van der Waals surface area contributed by atoms with Gasteiger partial charge in [-0.05, 0) is 44.6 Å². The van der Waals surface area contributed by atoms with Gasteiger partial charge in [0.05, 0.1) is 18.5 Å². The fourth-order valence-corrected chi connectivity index (χ4v) is 3.22. The maximum atomic E-state index is 13.0. The SMILES string of the molecule is CCCOC1(C(=O)Nc2ccc(OC)nc2C)CCCC(C)C1. The van der Waals surface area contributed by atoms with Crippen LogP contribution in [0.15, 0.2) is 12.1 Å². The molecule has 0 aromatic carbocycles. The van der Waals surface area contributed by atoms with Crippen molar-refractivity contribution in [1.29, 1.82) is 0 Å². The van der Waals surface area contributed by atoms with Crippen molar-refractivity contribution in [2.75, 3.05) is 19.0 Å². The number of ether oxygens (including phenoxy) is 2. The lowest BCUT2D eigenvalue weighted by atomic mass is 9.78. The van der Waals surface area contributed by atoms with E-state index in [9.17, 15) is 4.79 Å². The van der Waals surface area contributed by atoms with Crippen molar-refractivity contribution in [2.45, 2.75) is 58.5 Å². The van der Waals surface area contributed by atoms with E-state index in [1.807, 2.05) is 13.0 Å². The molecule has 5 nitrogen and oxygen atoms in total. The Morgan fingerprint density at radius 3 is 2.87 bits per heavy atom. The Balaban J connectivity index is 2.17. The predicted molar refractivity (Wildman–Crippen MR) is 90.8 cm³/mol. The standard InChI is InChI=1S/C18H28N2O3/c1-5-11-23-18(10-6-7-13(2)12-18)17(21)20-15-8-9-16(22-4)19-14(15)3/h8-9,13H,5-7,10-12H2,1-4H3,(H,20,21). The number of nitrogens with one attached hydrogen (secondary N) is 1. The number of hydrogen-bond acceptors (Lipinski definition) is 4. The van der Waals surface area contributed by atoms with Crippen LogP contribution in [0.25, 0.3) is 0 Å². The van der Waals surface area contributed by atoms with Crippen LogP contribution in [0, 0.1) is 12.8 Å². The van der Waals surface area contributed by atoms with Crippen LogP contribution in [0.2, 0.25) is 0 Å². The quantitative estimate of drug-likeness (QED) is 0.868. The number of rotatable bonds is 6. The van der Waals surface area contributed by atoms with E-state index in [2.05, 4.69) is 24.1 Å². The molecule has 2 unspecified atom stereocenters. The molecule has 1 aromatic heterocycles. The molecule has 2 rings (SSSR count). The Hall–Kier alpha value is -1.62. The molecule has 0 radical (unpaired) electrons. The molecular formula is C18H28N2O3. The van der Waals surface area contributed by atoms with E-state index >= 15 is 0 Å². The van der Waals surface area contributed by atoms with Crippen molar-refractivity contribution in [3.63, 3.8) is 0 Å². The van der Waals surface area contributed by atoms with Crippen LogP contribution >= 0.6 is 0 Å². The fourth-order valence-electron chi connectivity index (χ4n) is 3.22. The summed E-state index contributed by atoms with van der Waals surface area (Å²) in [5.74, 6) is 0.998. The number of hydrogen-bond donors (Lipinski definition) is 1. The van der Waals surface area contributed by atoms with Crippen LogP contribution < -0.4 is 10.1 Å². The molecule has 1 N–H and O–H groups in total. The summed E-state index contributed by atoms with van der Waals surface area (Å²) in [5.41, 5.74) is 0.751. The third-order valence-electron chi connectivity index (χ3n) is 4.47. The number of anilines is 1. The van der Waals surface area contributed by atoms with Gasteiger partial charge in [-0.25, -0.2) is 4.98 Å². The molecule has 1 heterocycles. The number of methoxy groups -OCH3 is 1. The van der Waals surface area contributed by atoms with E-state index in [1.165, 1.54) is 0 Å². The van der Waals surface area contributed by atoms with E-state index in [0.717, 1.165) is 37.8 Å². The van der Waals surface area contributed by atoms with E-state index in [0.29, 0.717) is 24.1 Å². The van der Waals surface area contributed by atoms with Gasteiger partial charge in [-0.1, -0.05) is 20.3 Å². The first-order valence-electron chi connectivity index (χ1n) is 8.48. The van der Waals surface area contributed by atoms with E-state index < -0.39 is 5.60 Å². The van der Waals surface area contributed by atoms with Gasteiger partial charge in [-0.2, -0.15) is 0 Å². The molecule has 0 aliphatic heterocycles. The molecule has 1 aliphatic rings. The van der Waals surface area contributed by atoms with Gasteiger partial charge in [-0.3, -0.25) is 4.79 Å². The molecule has 0 bridgehead atoms. The van der Waals surface area contributed by atoms with E-state index in [1.54, 1.807) is 13.2 Å². The van der Waals surface area contributed by atoms with Gasteiger partial charge in [0.1, 0.15) is 5.60 Å². The third-order valence-corrected chi connectivity index (χ3v) is 4.47. The largest absolute Gasteiger partial charge is 0.481 e.